The molecular weight excluding hydrogens is 480 g/mol. The Labute approximate surface area is 212 Å². The Kier molecular flexibility index (Phi) is 6.53. The zero-order valence-electron chi connectivity index (χ0n) is 20.1. The number of ether oxygens (including phenoxy) is 1. The fourth-order valence-electron chi connectivity index (χ4n) is 3.88. The van der Waals surface area contributed by atoms with Gasteiger partial charge < -0.3 is 19.9 Å². The molecule has 4 aromatic heterocycles. The number of H-pyrrole nitrogens is 1. The van der Waals surface area contributed by atoms with Crippen molar-refractivity contribution in [2.45, 2.75) is 19.5 Å². The van der Waals surface area contributed by atoms with E-state index in [-0.39, 0.29) is 11.8 Å². The van der Waals surface area contributed by atoms with E-state index in [0.717, 1.165) is 23.0 Å². The molecule has 1 amide bonds. The number of hydrogen-bond donors (Lipinski definition) is 2. The van der Waals surface area contributed by atoms with Gasteiger partial charge in [0.15, 0.2) is 16.9 Å². The van der Waals surface area contributed by atoms with Gasteiger partial charge in [0.2, 0.25) is 0 Å². The number of hydrogen-bond acceptors (Lipinski definition) is 7. The second kappa shape index (κ2) is 9.92. The first-order valence-electron chi connectivity index (χ1n) is 11.4. The molecular formula is C25H25ClN8O2. The number of rotatable bonds is 7. The quantitative estimate of drug-likeness (QED) is 0.337. The highest BCUT2D eigenvalue weighted by atomic mass is 35.5. The fourth-order valence-corrected chi connectivity index (χ4v) is 4.05. The summed E-state index contributed by atoms with van der Waals surface area (Å²) >= 11 is 6.27. The molecule has 5 aromatic rings. The van der Waals surface area contributed by atoms with Crippen molar-refractivity contribution in [1.29, 1.82) is 0 Å². The largest absolute Gasteiger partial charge is 0.413 e. The molecule has 36 heavy (non-hydrogen) atoms. The van der Waals surface area contributed by atoms with Crippen molar-refractivity contribution in [3.63, 3.8) is 0 Å². The van der Waals surface area contributed by atoms with Gasteiger partial charge in [-0.1, -0.05) is 17.7 Å². The molecule has 184 valence electrons. The standard InChI is InChI=1S/C25H25ClN8O2/c1-15(16-5-4-8-27-12-16)30-25(35)36-21-14-29-24-23(21)31-19(13-28-24)22-18-7-6-17(26)11-20(18)34(32-22)10-9-33(2)3/h4-8,11-15H,9-10H2,1-3H3,(H,28,29)(H,30,35). The van der Waals surface area contributed by atoms with E-state index in [9.17, 15) is 4.79 Å². The molecule has 1 unspecified atom stereocenters. The molecule has 5 rings (SSSR count). The van der Waals surface area contributed by atoms with Crippen LogP contribution in [0.15, 0.2) is 55.1 Å². The SMILES string of the molecule is CC(NC(=O)Oc1c[nH]c2ncc(-c3nn(CCN(C)C)c4cc(Cl)ccc34)nc12)c1cccnc1. The molecule has 0 radical (unpaired) electrons. The summed E-state index contributed by atoms with van der Waals surface area (Å²) in [4.78, 5) is 31.0. The molecule has 11 heteroatoms. The number of aromatic amines is 1. The molecule has 0 aliphatic rings. The van der Waals surface area contributed by atoms with Crippen LogP contribution in [0.3, 0.4) is 0 Å². The third-order valence-electron chi connectivity index (χ3n) is 5.78. The lowest BCUT2D eigenvalue weighted by atomic mass is 10.1. The van der Waals surface area contributed by atoms with Gasteiger partial charge in [-0.05, 0) is 50.8 Å². The van der Waals surface area contributed by atoms with Crippen LogP contribution in [0.5, 0.6) is 5.75 Å². The number of fused-ring (bicyclic) bond motifs is 2. The average molecular weight is 505 g/mol. The van der Waals surface area contributed by atoms with E-state index in [0.29, 0.717) is 34.1 Å². The minimum Gasteiger partial charge on any atom is -0.406 e. The lowest BCUT2D eigenvalue weighted by Crippen LogP contribution is -2.29. The monoisotopic (exact) mass is 504 g/mol. The maximum absolute atomic E-state index is 12.6. The number of amides is 1. The lowest BCUT2D eigenvalue weighted by molar-refractivity contribution is 0.197. The summed E-state index contributed by atoms with van der Waals surface area (Å²) in [6.07, 6.45) is 5.99. The molecule has 1 atom stereocenters. The van der Waals surface area contributed by atoms with Crippen molar-refractivity contribution in [2.24, 2.45) is 0 Å². The van der Waals surface area contributed by atoms with Crippen LogP contribution in [0.4, 0.5) is 4.79 Å². The first kappa shape index (κ1) is 23.7. The Bertz CT molecular complexity index is 1530. The molecule has 0 saturated carbocycles. The van der Waals surface area contributed by atoms with Gasteiger partial charge in [-0.2, -0.15) is 5.10 Å². The Hall–Kier alpha value is -4.02. The predicted octanol–water partition coefficient (Wildman–Crippen LogP) is 4.43. The number of pyridine rings is 1. The van der Waals surface area contributed by atoms with Crippen molar-refractivity contribution in [3.05, 3.63) is 65.7 Å². The molecule has 0 aliphatic heterocycles. The summed E-state index contributed by atoms with van der Waals surface area (Å²) in [5, 5.41) is 9.17. The highest BCUT2D eigenvalue weighted by molar-refractivity contribution is 6.31. The number of nitrogens with one attached hydrogen (secondary N) is 2. The number of aromatic nitrogens is 6. The summed E-state index contributed by atoms with van der Waals surface area (Å²) in [6, 6.07) is 9.08. The van der Waals surface area contributed by atoms with E-state index < -0.39 is 6.09 Å². The van der Waals surface area contributed by atoms with Crippen LogP contribution >= 0.6 is 11.6 Å². The fraction of sp³-hybridized carbons (Fsp3) is 0.240. The van der Waals surface area contributed by atoms with E-state index in [1.54, 1.807) is 24.8 Å². The van der Waals surface area contributed by atoms with Gasteiger partial charge in [0.1, 0.15) is 11.4 Å². The Balaban J connectivity index is 1.44. The third kappa shape index (κ3) is 4.86. The van der Waals surface area contributed by atoms with Gasteiger partial charge in [-0.15, -0.1) is 0 Å². The summed E-state index contributed by atoms with van der Waals surface area (Å²) in [5.74, 6) is 0.273. The zero-order valence-corrected chi connectivity index (χ0v) is 20.8. The number of benzene rings is 1. The lowest BCUT2D eigenvalue weighted by Gasteiger charge is -2.13. The van der Waals surface area contributed by atoms with Gasteiger partial charge >= 0.3 is 6.09 Å². The van der Waals surface area contributed by atoms with E-state index >= 15 is 0 Å². The van der Waals surface area contributed by atoms with E-state index in [1.807, 2.05) is 56.0 Å². The molecule has 0 aliphatic carbocycles. The van der Waals surface area contributed by atoms with Crippen LogP contribution in [-0.4, -0.2) is 61.3 Å². The number of carbonyl (C=O) groups excluding carboxylic acids is 1. The highest BCUT2D eigenvalue weighted by Gasteiger charge is 2.19. The summed E-state index contributed by atoms with van der Waals surface area (Å²) in [6.45, 7) is 3.36. The maximum Gasteiger partial charge on any atom is 0.413 e. The minimum absolute atomic E-state index is 0.273. The van der Waals surface area contributed by atoms with Crippen LogP contribution in [-0.2, 0) is 6.54 Å². The van der Waals surface area contributed by atoms with E-state index in [2.05, 4.69) is 25.2 Å². The Morgan fingerprint density at radius 1 is 1.28 bits per heavy atom. The minimum atomic E-state index is -0.604. The Morgan fingerprint density at radius 2 is 2.14 bits per heavy atom. The first-order chi connectivity index (χ1) is 17.4. The molecule has 4 heterocycles. The maximum atomic E-state index is 12.6. The number of likely N-dealkylation sites (N-methyl/N-ethyl adjacent to an activating group) is 1. The first-order valence-corrected chi connectivity index (χ1v) is 11.8. The van der Waals surface area contributed by atoms with Gasteiger partial charge in [-0.3, -0.25) is 9.67 Å². The molecule has 0 saturated heterocycles. The summed E-state index contributed by atoms with van der Waals surface area (Å²) in [7, 11) is 4.03. The molecule has 0 fully saturated rings. The van der Waals surface area contributed by atoms with Crippen molar-refractivity contribution in [3.8, 4) is 17.1 Å². The molecule has 1 aromatic carbocycles. The predicted molar refractivity (Wildman–Crippen MR) is 138 cm³/mol. The van der Waals surface area contributed by atoms with E-state index in [1.165, 1.54) is 0 Å². The number of halogens is 1. The topological polar surface area (TPSA) is 114 Å². The molecule has 0 bridgehead atoms. The summed E-state index contributed by atoms with van der Waals surface area (Å²) in [5.41, 5.74) is 3.95. The molecule has 2 N–H and O–H groups in total. The summed E-state index contributed by atoms with van der Waals surface area (Å²) < 4.78 is 7.49. The second-order valence-corrected chi connectivity index (χ2v) is 9.12. The Morgan fingerprint density at radius 3 is 2.92 bits per heavy atom. The van der Waals surface area contributed by atoms with Crippen molar-refractivity contribution in [1.82, 2.24) is 39.9 Å². The van der Waals surface area contributed by atoms with Crippen LogP contribution in [0, 0.1) is 0 Å². The van der Waals surface area contributed by atoms with Gasteiger partial charge in [0, 0.05) is 35.5 Å². The smallest absolute Gasteiger partial charge is 0.406 e. The molecule has 0 spiro atoms. The average Bonchev–Trinajstić information content (AvgIpc) is 3.43. The van der Waals surface area contributed by atoms with Crippen LogP contribution < -0.4 is 10.1 Å². The number of carbonyl (C=O) groups is 1. The molecule has 10 nitrogen and oxygen atoms in total. The van der Waals surface area contributed by atoms with Crippen molar-refractivity contribution < 1.29 is 9.53 Å². The highest BCUT2D eigenvalue weighted by Crippen LogP contribution is 2.31. The van der Waals surface area contributed by atoms with Crippen molar-refractivity contribution in [2.75, 3.05) is 20.6 Å². The van der Waals surface area contributed by atoms with Gasteiger partial charge in [-0.25, -0.2) is 14.8 Å². The normalized spacial score (nSPS) is 12.4. The third-order valence-corrected chi connectivity index (χ3v) is 6.02. The van der Waals surface area contributed by atoms with Gasteiger partial charge in [0.05, 0.1) is 24.3 Å². The second-order valence-electron chi connectivity index (χ2n) is 8.68. The van der Waals surface area contributed by atoms with Crippen LogP contribution in [0.1, 0.15) is 18.5 Å². The van der Waals surface area contributed by atoms with E-state index in [4.69, 9.17) is 26.4 Å². The zero-order chi connectivity index (χ0) is 25.2. The van der Waals surface area contributed by atoms with Crippen molar-refractivity contribution >= 4 is 39.8 Å². The van der Waals surface area contributed by atoms with Gasteiger partial charge in [0.25, 0.3) is 0 Å². The van der Waals surface area contributed by atoms with Crippen LogP contribution in [0.2, 0.25) is 5.02 Å². The number of nitrogens with zero attached hydrogens (tertiary/aromatic N) is 6. The van der Waals surface area contributed by atoms with Crippen LogP contribution in [0.25, 0.3) is 33.5 Å².